The minimum atomic E-state index is 0.161. The predicted molar refractivity (Wildman–Crippen MR) is 84.0 cm³/mol. The number of ether oxygens (including phenoxy) is 1. The average molecular weight is 269 g/mol. The second-order valence-electron chi connectivity index (χ2n) is 5.85. The molecule has 2 N–H and O–H groups in total. The van der Waals surface area contributed by atoms with Gasteiger partial charge >= 0.3 is 0 Å². The molecule has 1 unspecified atom stereocenters. The van der Waals surface area contributed by atoms with E-state index in [2.05, 4.69) is 30.3 Å². The first-order valence-electron chi connectivity index (χ1n) is 7.71. The quantitative estimate of drug-likeness (QED) is 0.906. The Kier molecular flexibility index (Phi) is 4.22. The summed E-state index contributed by atoms with van der Waals surface area (Å²) in [6.45, 7) is 0.624. The van der Waals surface area contributed by atoms with Gasteiger partial charge in [-0.1, -0.05) is 55.7 Å². The van der Waals surface area contributed by atoms with E-state index < -0.39 is 0 Å². The van der Waals surface area contributed by atoms with Gasteiger partial charge in [0.25, 0.3) is 0 Å². The van der Waals surface area contributed by atoms with Gasteiger partial charge in [0.15, 0.2) is 0 Å². The fourth-order valence-corrected chi connectivity index (χ4v) is 3.21. The van der Waals surface area contributed by atoms with Crippen molar-refractivity contribution >= 4 is 10.8 Å². The van der Waals surface area contributed by atoms with Crippen molar-refractivity contribution < 1.29 is 4.74 Å². The monoisotopic (exact) mass is 269 g/mol. The number of benzene rings is 2. The molecule has 1 aliphatic carbocycles. The van der Waals surface area contributed by atoms with Crippen molar-refractivity contribution in [2.24, 2.45) is 11.7 Å². The lowest BCUT2D eigenvalue weighted by Gasteiger charge is -2.27. The molecule has 0 amide bonds. The first-order valence-corrected chi connectivity index (χ1v) is 7.71. The van der Waals surface area contributed by atoms with Crippen LogP contribution in [0.25, 0.3) is 10.8 Å². The smallest absolute Gasteiger partial charge is 0.127 e. The zero-order valence-corrected chi connectivity index (χ0v) is 11.9. The number of hydrogen-bond donors (Lipinski definition) is 1. The summed E-state index contributed by atoms with van der Waals surface area (Å²) in [6.07, 6.45) is 6.55. The molecular weight excluding hydrogens is 246 g/mol. The summed E-state index contributed by atoms with van der Waals surface area (Å²) in [6, 6.07) is 14.7. The number of rotatable bonds is 4. The van der Waals surface area contributed by atoms with Gasteiger partial charge in [0, 0.05) is 11.4 Å². The Morgan fingerprint density at radius 3 is 2.60 bits per heavy atom. The summed E-state index contributed by atoms with van der Waals surface area (Å²) in [5, 5.41) is 2.39. The van der Waals surface area contributed by atoms with Crippen LogP contribution in [0.5, 0.6) is 5.75 Å². The molecular formula is C18H23NO. The number of hydrogen-bond acceptors (Lipinski definition) is 2. The summed E-state index contributed by atoms with van der Waals surface area (Å²) >= 11 is 0. The molecule has 3 rings (SSSR count). The van der Waals surface area contributed by atoms with E-state index >= 15 is 0 Å². The summed E-state index contributed by atoms with van der Waals surface area (Å²) in [7, 11) is 0. The lowest BCUT2D eigenvalue weighted by atomic mass is 9.84. The molecule has 0 heterocycles. The Balaban J connectivity index is 1.67. The molecule has 20 heavy (non-hydrogen) atoms. The highest BCUT2D eigenvalue weighted by Crippen LogP contribution is 2.28. The minimum absolute atomic E-state index is 0.161. The third kappa shape index (κ3) is 2.96. The Morgan fingerprint density at radius 2 is 1.75 bits per heavy atom. The van der Waals surface area contributed by atoms with Crippen LogP contribution in [-0.4, -0.2) is 12.6 Å². The van der Waals surface area contributed by atoms with E-state index in [4.69, 9.17) is 10.5 Å². The van der Waals surface area contributed by atoms with Crippen molar-refractivity contribution in [1.29, 1.82) is 0 Å². The molecule has 1 aliphatic rings. The Labute approximate surface area is 120 Å². The van der Waals surface area contributed by atoms with Crippen LogP contribution in [0.1, 0.15) is 32.1 Å². The van der Waals surface area contributed by atoms with Crippen LogP contribution in [0, 0.1) is 5.92 Å². The SMILES string of the molecule is NC(COc1cccc2ccccc12)C1CCCCC1. The summed E-state index contributed by atoms with van der Waals surface area (Å²) in [4.78, 5) is 0. The molecule has 0 aromatic heterocycles. The van der Waals surface area contributed by atoms with Crippen LogP contribution in [0.3, 0.4) is 0 Å². The van der Waals surface area contributed by atoms with Crippen LogP contribution in [-0.2, 0) is 0 Å². The largest absolute Gasteiger partial charge is 0.491 e. The Bertz CT molecular complexity index is 555. The van der Waals surface area contributed by atoms with E-state index in [0.29, 0.717) is 12.5 Å². The van der Waals surface area contributed by atoms with Crippen molar-refractivity contribution in [3.63, 3.8) is 0 Å². The molecule has 1 fully saturated rings. The highest BCUT2D eigenvalue weighted by atomic mass is 16.5. The highest BCUT2D eigenvalue weighted by Gasteiger charge is 2.21. The first kappa shape index (κ1) is 13.4. The molecule has 0 spiro atoms. The molecule has 2 aromatic carbocycles. The molecule has 2 nitrogen and oxygen atoms in total. The molecule has 106 valence electrons. The second kappa shape index (κ2) is 6.27. The first-order chi connectivity index (χ1) is 9.84. The van der Waals surface area contributed by atoms with Crippen LogP contribution >= 0.6 is 0 Å². The fraction of sp³-hybridized carbons (Fsp3) is 0.444. The number of fused-ring (bicyclic) bond motifs is 1. The van der Waals surface area contributed by atoms with E-state index in [1.807, 2.05) is 12.1 Å². The van der Waals surface area contributed by atoms with E-state index in [1.54, 1.807) is 0 Å². The van der Waals surface area contributed by atoms with Crippen molar-refractivity contribution in [3.05, 3.63) is 42.5 Å². The predicted octanol–water partition coefficient (Wildman–Crippen LogP) is 4.13. The maximum absolute atomic E-state index is 6.32. The third-order valence-electron chi connectivity index (χ3n) is 4.44. The highest BCUT2D eigenvalue weighted by molar-refractivity contribution is 5.88. The lowest BCUT2D eigenvalue weighted by Crippen LogP contribution is -2.37. The van der Waals surface area contributed by atoms with Crippen LogP contribution < -0.4 is 10.5 Å². The normalized spacial score (nSPS) is 18.1. The second-order valence-corrected chi connectivity index (χ2v) is 5.85. The third-order valence-corrected chi connectivity index (χ3v) is 4.44. The zero-order valence-electron chi connectivity index (χ0n) is 11.9. The van der Waals surface area contributed by atoms with Crippen molar-refractivity contribution in [2.45, 2.75) is 38.1 Å². The molecule has 1 atom stereocenters. The molecule has 1 saturated carbocycles. The van der Waals surface area contributed by atoms with E-state index in [0.717, 1.165) is 5.75 Å². The van der Waals surface area contributed by atoms with E-state index in [1.165, 1.54) is 42.9 Å². The molecule has 0 bridgehead atoms. The van der Waals surface area contributed by atoms with E-state index in [-0.39, 0.29) is 6.04 Å². The van der Waals surface area contributed by atoms with Crippen molar-refractivity contribution in [3.8, 4) is 5.75 Å². The van der Waals surface area contributed by atoms with Crippen LogP contribution in [0.2, 0.25) is 0 Å². The van der Waals surface area contributed by atoms with Gasteiger partial charge in [-0.2, -0.15) is 0 Å². The topological polar surface area (TPSA) is 35.2 Å². The summed E-state index contributed by atoms with van der Waals surface area (Å²) in [5.41, 5.74) is 6.32. The maximum Gasteiger partial charge on any atom is 0.127 e. The fourth-order valence-electron chi connectivity index (χ4n) is 3.21. The van der Waals surface area contributed by atoms with Gasteiger partial charge in [0.1, 0.15) is 12.4 Å². The van der Waals surface area contributed by atoms with Crippen molar-refractivity contribution in [2.75, 3.05) is 6.61 Å². The van der Waals surface area contributed by atoms with Crippen LogP contribution in [0.4, 0.5) is 0 Å². The van der Waals surface area contributed by atoms with Gasteiger partial charge in [-0.15, -0.1) is 0 Å². The summed E-state index contributed by atoms with van der Waals surface area (Å²) in [5.74, 6) is 1.59. The average Bonchev–Trinajstić information content (AvgIpc) is 2.53. The van der Waals surface area contributed by atoms with E-state index in [9.17, 15) is 0 Å². The molecule has 0 aliphatic heterocycles. The number of nitrogens with two attached hydrogens (primary N) is 1. The van der Waals surface area contributed by atoms with Gasteiger partial charge in [0.05, 0.1) is 0 Å². The van der Waals surface area contributed by atoms with Gasteiger partial charge in [-0.25, -0.2) is 0 Å². The van der Waals surface area contributed by atoms with Crippen LogP contribution in [0.15, 0.2) is 42.5 Å². The molecule has 2 heteroatoms. The Hall–Kier alpha value is -1.54. The van der Waals surface area contributed by atoms with Gasteiger partial charge < -0.3 is 10.5 Å². The maximum atomic E-state index is 6.32. The molecule has 0 radical (unpaired) electrons. The minimum Gasteiger partial charge on any atom is -0.491 e. The van der Waals surface area contributed by atoms with Gasteiger partial charge in [-0.05, 0) is 30.2 Å². The molecule has 0 saturated heterocycles. The van der Waals surface area contributed by atoms with Gasteiger partial charge in [-0.3, -0.25) is 0 Å². The lowest BCUT2D eigenvalue weighted by molar-refractivity contribution is 0.215. The van der Waals surface area contributed by atoms with Gasteiger partial charge in [0.2, 0.25) is 0 Å². The summed E-state index contributed by atoms with van der Waals surface area (Å²) < 4.78 is 6.01. The standard InChI is InChI=1S/C18H23NO/c19-17(15-8-2-1-3-9-15)13-20-18-12-6-10-14-7-4-5-11-16(14)18/h4-7,10-12,15,17H,1-3,8-9,13,19H2. The molecule has 2 aromatic rings. The Morgan fingerprint density at radius 1 is 1.00 bits per heavy atom. The zero-order chi connectivity index (χ0) is 13.8. The van der Waals surface area contributed by atoms with Crippen molar-refractivity contribution in [1.82, 2.24) is 0 Å².